The molecule has 2 N–H and O–H groups in total. The van der Waals surface area contributed by atoms with E-state index in [-0.39, 0.29) is 12.1 Å². The second kappa shape index (κ2) is 5.82. The molecule has 0 saturated heterocycles. The number of benzene rings is 1. The maximum absolute atomic E-state index is 12.5. The van der Waals surface area contributed by atoms with Crippen molar-refractivity contribution in [2.24, 2.45) is 0 Å². The predicted molar refractivity (Wildman–Crippen MR) is 70.0 cm³/mol. The minimum Gasteiger partial charge on any atom is -0.478 e. The van der Waals surface area contributed by atoms with E-state index in [4.69, 9.17) is 5.11 Å². The van der Waals surface area contributed by atoms with Crippen LogP contribution in [0.5, 0.6) is 0 Å². The highest BCUT2D eigenvalue weighted by atomic mass is 19.4. The molecule has 2 rings (SSSR count). The van der Waals surface area contributed by atoms with Gasteiger partial charge in [0.25, 0.3) is 0 Å². The maximum Gasteiger partial charge on any atom is 0.433 e. The van der Waals surface area contributed by atoms with Crippen LogP contribution in [-0.4, -0.2) is 16.1 Å². The van der Waals surface area contributed by atoms with Crippen LogP contribution in [0.2, 0.25) is 0 Å². The van der Waals surface area contributed by atoms with E-state index in [1.807, 2.05) is 0 Å². The van der Waals surface area contributed by atoms with Crippen LogP contribution in [0.15, 0.2) is 42.6 Å². The monoisotopic (exact) mass is 296 g/mol. The molecule has 0 amide bonds. The first kappa shape index (κ1) is 14.8. The van der Waals surface area contributed by atoms with E-state index in [1.54, 1.807) is 12.1 Å². The molecule has 0 aliphatic rings. The first-order valence-electron chi connectivity index (χ1n) is 5.95. The fourth-order valence-electron chi connectivity index (χ4n) is 1.66. The summed E-state index contributed by atoms with van der Waals surface area (Å²) in [7, 11) is 0. The van der Waals surface area contributed by atoms with Gasteiger partial charge in [0.1, 0.15) is 5.69 Å². The van der Waals surface area contributed by atoms with E-state index in [9.17, 15) is 18.0 Å². The summed E-state index contributed by atoms with van der Waals surface area (Å²) in [5.74, 6) is -1.03. The number of aromatic carboxylic acids is 1. The summed E-state index contributed by atoms with van der Waals surface area (Å²) in [5, 5.41) is 11.6. The molecule has 0 spiro atoms. The van der Waals surface area contributed by atoms with Crippen LogP contribution in [0, 0.1) is 0 Å². The first-order valence-corrected chi connectivity index (χ1v) is 5.95. The van der Waals surface area contributed by atoms with Crippen molar-refractivity contribution in [1.82, 2.24) is 4.98 Å². The molecule has 110 valence electrons. The standard InChI is InChI=1S/C14H11F3N2O2/c15-14(16,17)12-7-11(5-6-18-12)19-8-9-1-3-10(4-2-9)13(20)21/h1-7H,8H2,(H,18,19)(H,20,21). The van der Waals surface area contributed by atoms with E-state index in [0.717, 1.165) is 17.8 Å². The molecule has 0 saturated carbocycles. The van der Waals surface area contributed by atoms with Crippen molar-refractivity contribution < 1.29 is 23.1 Å². The Morgan fingerprint density at radius 2 is 1.86 bits per heavy atom. The zero-order chi connectivity index (χ0) is 15.5. The van der Waals surface area contributed by atoms with Gasteiger partial charge in [-0.25, -0.2) is 4.79 Å². The third-order valence-corrected chi connectivity index (χ3v) is 2.75. The van der Waals surface area contributed by atoms with Crippen molar-refractivity contribution in [3.8, 4) is 0 Å². The number of carbonyl (C=O) groups is 1. The van der Waals surface area contributed by atoms with Crippen molar-refractivity contribution in [3.63, 3.8) is 0 Å². The Labute approximate surface area is 118 Å². The third-order valence-electron chi connectivity index (χ3n) is 2.75. The van der Waals surface area contributed by atoms with Crippen LogP contribution < -0.4 is 5.32 Å². The molecule has 4 nitrogen and oxygen atoms in total. The summed E-state index contributed by atoms with van der Waals surface area (Å²) >= 11 is 0. The van der Waals surface area contributed by atoms with Crippen LogP contribution in [0.25, 0.3) is 0 Å². The average molecular weight is 296 g/mol. The molecule has 0 unspecified atom stereocenters. The SMILES string of the molecule is O=C(O)c1ccc(CNc2ccnc(C(F)(F)F)c2)cc1. The van der Waals surface area contributed by atoms with Crippen LogP contribution >= 0.6 is 0 Å². The van der Waals surface area contributed by atoms with Crippen LogP contribution in [0.3, 0.4) is 0 Å². The fraction of sp³-hybridized carbons (Fsp3) is 0.143. The van der Waals surface area contributed by atoms with Gasteiger partial charge in [-0.2, -0.15) is 13.2 Å². The lowest BCUT2D eigenvalue weighted by Crippen LogP contribution is -2.09. The van der Waals surface area contributed by atoms with Gasteiger partial charge in [0, 0.05) is 18.4 Å². The number of hydrogen-bond donors (Lipinski definition) is 2. The Bertz CT molecular complexity index is 639. The zero-order valence-electron chi connectivity index (χ0n) is 10.7. The molecule has 0 bridgehead atoms. The largest absolute Gasteiger partial charge is 0.478 e. The molecule has 2 aromatic rings. The summed E-state index contributed by atoms with van der Waals surface area (Å²) in [6, 6.07) is 8.43. The predicted octanol–water partition coefficient (Wildman–Crippen LogP) is 3.41. The number of rotatable bonds is 4. The number of nitrogens with one attached hydrogen (secondary N) is 1. The third kappa shape index (κ3) is 3.95. The zero-order valence-corrected chi connectivity index (χ0v) is 10.7. The molecule has 1 aromatic carbocycles. The molecule has 0 radical (unpaired) electrons. The second-order valence-electron chi connectivity index (χ2n) is 4.28. The molecule has 0 atom stereocenters. The number of pyridine rings is 1. The summed E-state index contributed by atoms with van der Waals surface area (Å²) in [5.41, 5.74) is 0.237. The summed E-state index contributed by atoms with van der Waals surface area (Å²) in [6.07, 6.45) is -3.40. The molecule has 1 aromatic heterocycles. The van der Waals surface area contributed by atoms with Gasteiger partial charge in [-0.15, -0.1) is 0 Å². The van der Waals surface area contributed by atoms with Gasteiger partial charge < -0.3 is 10.4 Å². The summed E-state index contributed by atoms with van der Waals surface area (Å²) in [4.78, 5) is 14.0. The lowest BCUT2D eigenvalue weighted by Gasteiger charge is -2.10. The lowest BCUT2D eigenvalue weighted by atomic mass is 10.1. The topological polar surface area (TPSA) is 62.2 Å². The minimum absolute atomic E-state index is 0.155. The van der Waals surface area contributed by atoms with Gasteiger partial charge in [-0.1, -0.05) is 12.1 Å². The quantitative estimate of drug-likeness (QED) is 0.907. The number of halogens is 3. The number of carboxylic acid groups (broad SMARTS) is 1. The van der Waals surface area contributed by atoms with E-state index in [2.05, 4.69) is 10.3 Å². The van der Waals surface area contributed by atoms with Gasteiger partial charge in [-0.05, 0) is 29.8 Å². The van der Waals surface area contributed by atoms with Crippen LogP contribution in [-0.2, 0) is 12.7 Å². The summed E-state index contributed by atoms with van der Waals surface area (Å²) < 4.78 is 37.5. The van der Waals surface area contributed by atoms with E-state index >= 15 is 0 Å². The maximum atomic E-state index is 12.5. The molecule has 21 heavy (non-hydrogen) atoms. The molecular weight excluding hydrogens is 285 g/mol. The first-order chi connectivity index (χ1) is 9.86. The van der Waals surface area contributed by atoms with Gasteiger partial charge in [0.15, 0.2) is 0 Å². The van der Waals surface area contributed by atoms with Crippen molar-refractivity contribution in [2.45, 2.75) is 12.7 Å². The Balaban J connectivity index is 2.04. The second-order valence-corrected chi connectivity index (χ2v) is 4.28. The van der Waals surface area contributed by atoms with E-state index in [1.165, 1.54) is 18.2 Å². The average Bonchev–Trinajstić information content (AvgIpc) is 2.45. The van der Waals surface area contributed by atoms with Crippen LogP contribution in [0.4, 0.5) is 18.9 Å². The number of aromatic nitrogens is 1. The van der Waals surface area contributed by atoms with Crippen molar-refractivity contribution in [1.29, 1.82) is 0 Å². The molecule has 0 aliphatic heterocycles. The van der Waals surface area contributed by atoms with E-state index < -0.39 is 17.8 Å². The van der Waals surface area contributed by atoms with Gasteiger partial charge in [0.05, 0.1) is 5.56 Å². The Hall–Kier alpha value is -2.57. The molecule has 0 fully saturated rings. The number of anilines is 1. The van der Waals surface area contributed by atoms with E-state index in [0.29, 0.717) is 5.69 Å². The highest BCUT2D eigenvalue weighted by molar-refractivity contribution is 5.87. The molecule has 0 aliphatic carbocycles. The smallest absolute Gasteiger partial charge is 0.433 e. The number of carboxylic acids is 1. The molecule has 1 heterocycles. The highest BCUT2D eigenvalue weighted by Gasteiger charge is 2.32. The minimum atomic E-state index is -4.49. The normalized spacial score (nSPS) is 11.2. The Morgan fingerprint density at radius 1 is 1.19 bits per heavy atom. The van der Waals surface area contributed by atoms with Gasteiger partial charge >= 0.3 is 12.1 Å². The Kier molecular flexibility index (Phi) is 4.11. The summed E-state index contributed by atoms with van der Waals surface area (Å²) in [6.45, 7) is 0.279. The van der Waals surface area contributed by atoms with Gasteiger partial charge in [-0.3, -0.25) is 4.98 Å². The number of hydrogen-bond acceptors (Lipinski definition) is 3. The number of alkyl halides is 3. The van der Waals surface area contributed by atoms with Crippen molar-refractivity contribution in [2.75, 3.05) is 5.32 Å². The molecular formula is C14H11F3N2O2. The molecule has 7 heteroatoms. The highest BCUT2D eigenvalue weighted by Crippen LogP contribution is 2.28. The lowest BCUT2D eigenvalue weighted by molar-refractivity contribution is -0.141. The van der Waals surface area contributed by atoms with Crippen molar-refractivity contribution in [3.05, 3.63) is 59.4 Å². The number of nitrogens with zero attached hydrogens (tertiary/aromatic N) is 1. The van der Waals surface area contributed by atoms with Gasteiger partial charge in [0.2, 0.25) is 0 Å². The fourth-order valence-corrected chi connectivity index (χ4v) is 1.66. The van der Waals surface area contributed by atoms with Crippen LogP contribution in [0.1, 0.15) is 21.6 Å². The van der Waals surface area contributed by atoms with Crippen molar-refractivity contribution >= 4 is 11.7 Å². The Morgan fingerprint density at radius 3 is 2.43 bits per heavy atom.